The Labute approximate surface area is 88.4 Å². The Morgan fingerprint density at radius 1 is 1.40 bits per heavy atom. The molecule has 1 aromatic carbocycles. The molecule has 15 heavy (non-hydrogen) atoms. The highest BCUT2D eigenvalue weighted by Gasteiger charge is 2.20. The van der Waals surface area contributed by atoms with Crippen LogP contribution in [0, 0.1) is 11.8 Å². The first-order chi connectivity index (χ1) is 6.99. The molecule has 0 fully saturated rings. The third kappa shape index (κ3) is 4.30. The quantitative estimate of drug-likeness (QED) is 0.713. The van der Waals surface area contributed by atoms with Gasteiger partial charge in [-0.3, -0.25) is 4.79 Å². The van der Waals surface area contributed by atoms with E-state index in [0.29, 0.717) is 0 Å². The predicted octanol–water partition coefficient (Wildman–Crippen LogP) is 1.26. The molecule has 0 amide bonds. The lowest BCUT2D eigenvalue weighted by atomic mass is 10.0. The Kier molecular flexibility index (Phi) is 3.48. The van der Waals surface area contributed by atoms with Gasteiger partial charge in [-0.1, -0.05) is 30.0 Å². The van der Waals surface area contributed by atoms with Crippen LogP contribution in [0.4, 0.5) is 0 Å². The van der Waals surface area contributed by atoms with Gasteiger partial charge in [0, 0.05) is 5.56 Å². The molecule has 0 spiro atoms. The molecule has 0 aromatic heterocycles. The lowest BCUT2D eigenvalue weighted by Crippen LogP contribution is -2.25. The van der Waals surface area contributed by atoms with E-state index in [1.165, 1.54) is 6.92 Å². The Morgan fingerprint density at radius 3 is 2.53 bits per heavy atom. The summed E-state index contributed by atoms with van der Waals surface area (Å²) >= 11 is 0. The lowest BCUT2D eigenvalue weighted by molar-refractivity contribution is -0.140. The largest absolute Gasteiger partial charge is 0.481 e. The van der Waals surface area contributed by atoms with Crippen molar-refractivity contribution in [1.29, 1.82) is 0 Å². The minimum atomic E-state index is -1.48. The molecule has 3 heteroatoms. The number of aliphatic carboxylic acids is 1. The van der Waals surface area contributed by atoms with Crippen LogP contribution in [0.25, 0.3) is 0 Å². The van der Waals surface area contributed by atoms with Crippen LogP contribution in [0.5, 0.6) is 0 Å². The van der Waals surface area contributed by atoms with Gasteiger partial charge in [-0.15, -0.1) is 0 Å². The van der Waals surface area contributed by atoms with Crippen molar-refractivity contribution in [3.05, 3.63) is 35.9 Å². The maximum atomic E-state index is 10.4. The number of carboxylic acids is 1. The molecule has 0 saturated carbocycles. The van der Waals surface area contributed by atoms with Crippen molar-refractivity contribution in [2.45, 2.75) is 18.9 Å². The second-order valence-electron chi connectivity index (χ2n) is 3.46. The average Bonchev–Trinajstić information content (AvgIpc) is 2.15. The van der Waals surface area contributed by atoms with Crippen LogP contribution >= 0.6 is 0 Å². The highest BCUT2D eigenvalue weighted by molar-refractivity contribution is 5.69. The third-order valence-electron chi connectivity index (χ3n) is 1.75. The standard InChI is InChI=1S/C12H12O3/c1-12(15,9-11(13)14)8-7-10-5-3-2-4-6-10/h2-6,15H,9H2,1H3,(H,13,14). The molecular formula is C12H12O3. The van der Waals surface area contributed by atoms with Crippen LogP contribution in [-0.4, -0.2) is 21.8 Å². The summed E-state index contributed by atoms with van der Waals surface area (Å²) in [4.78, 5) is 10.4. The van der Waals surface area contributed by atoms with E-state index in [1.807, 2.05) is 18.2 Å². The highest BCUT2D eigenvalue weighted by Crippen LogP contribution is 2.07. The summed E-state index contributed by atoms with van der Waals surface area (Å²) in [6, 6.07) is 9.11. The normalized spacial score (nSPS) is 13.5. The Bertz CT molecular complexity index is 396. The fourth-order valence-electron chi connectivity index (χ4n) is 1.07. The molecule has 0 aliphatic heterocycles. The van der Waals surface area contributed by atoms with Crippen LogP contribution in [0.3, 0.4) is 0 Å². The van der Waals surface area contributed by atoms with E-state index >= 15 is 0 Å². The first kappa shape index (κ1) is 11.3. The monoisotopic (exact) mass is 204 g/mol. The smallest absolute Gasteiger partial charge is 0.307 e. The Balaban J connectivity index is 2.77. The molecule has 78 valence electrons. The van der Waals surface area contributed by atoms with Crippen LogP contribution in [0.1, 0.15) is 18.9 Å². The molecule has 0 saturated heterocycles. The first-order valence-electron chi connectivity index (χ1n) is 4.52. The van der Waals surface area contributed by atoms with E-state index < -0.39 is 11.6 Å². The zero-order valence-electron chi connectivity index (χ0n) is 8.40. The van der Waals surface area contributed by atoms with Crippen LogP contribution in [0.15, 0.2) is 30.3 Å². The van der Waals surface area contributed by atoms with Gasteiger partial charge in [-0.05, 0) is 19.1 Å². The van der Waals surface area contributed by atoms with Crippen molar-refractivity contribution >= 4 is 5.97 Å². The maximum absolute atomic E-state index is 10.4. The summed E-state index contributed by atoms with van der Waals surface area (Å²) < 4.78 is 0. The summed E-state index contributed by atoms with van der Waals surface area (Å²) in [5.41, 5.74) is -0.732. The number of aliphatic hydroxyl groups is 1. The number of carboxylic acid groups (broad SMARTS) is 1. The van der Waals surface area contributed by atoms with E-state index in [2.05, 4.69) is 11.8 Å². The topological polar surface area (TPSA) is 57.5 Å². The summed E-state index contributed by atoms with van der Waals surface area (Å²) in [5, 5.41) is 18.1. The van der Waals surface area contributed by atoms with Crippen LogP contribution in [-0.2, 0) is 4.79 Å². The molecule has 3 nitrogen and oxygen atoms in total. The molecule has 1 rings (SSSR count). The molecule has 0 aliphatic carbocycles. The maximum Gasteiger partial charge on any atom is 0.307 e. The number of hydrogen-bond acceptors (Lipinski definition) is 2. The van der Waals surface area contributed by atoms with E-state index in [9.17, 15) is 9.90 Å². The Hall–Kier alpha value is -1.79. The molecule has 0 radical (unpaired) electrons. The van der Waals surface area contributed by atoms with Crippen molar-refractivity contribution in [3.63, 3.8) is 0 Å². The van der Waals surface area contributed by atoms with Crippen molar-refractivity contribution in [2.75, 3.05) is 0 Å². The number of hydrogen-bond donors (Lipinski definition) is 2. The summed E-state index contributed by atoms with van der Waals surface area (Å²) in [6.07, 6.45) is -0.382. The summed E-state index contributed by atoms with van der Waals surface area (Å²) in [5.74, 6) is 4.19. The molecule has 0 heterocycles. The van der Waals surface area contributed by atoms with Gasteiger partial charge in [0.15, 0.2) is 0 Å². The summed E-state index contributed by atoms with van der Waals surface area (Å²) in [7, 11) is 0. The van der Waals surface area contributed by atoms with E-state index in [0.717, 1.165) is 5.56 Å². The van der Waals surface area contributed by atoms with Gasteiger partial charge in [-0.25, -0.2) is 0 Å². The van der Waals surface area contributed by atoms with Crippen molar-refractivity contribution < 1.29 is 15.0 Å². The number of rotatable bonds is 2. The zero-order chi connectivity index (χ0) is 11.3. The molecular weight excluding hydrogens is 192 g/mol. The second-order valence-corrected chi connectivity index (χ2v) is 3.46. The Morgan fingerprint density at radius 2 is 2.00 bits per heavy atom. The molecule has 1 aromatic rings. The van der Waals surface area contributed by atoms with Gasteiger partial charge in [0.25, 0.3) is 0 Å². The van der Waals surface area contributed by atoms with Gasteiger partial charge < -0.3 is 10.2 Å². The van der Waals surface area contributed by atoms with E-state index in [4.69, 9.17) is 5.11 Å². The summed E-state index contributed by atoms with van der Waals surface area (Å²) in [6.45, 7) is 1.39. The third-order valence-corrected chi connectivity index (χ3v) is 1.75. The van der Waals surface area contributed by atoms with E-state index in [1.54, 1.807) is 12.1 Å². The van der Waals surface area contributed by atoms with Gasteiger partial charge in [0.2, 0.25) is 0 Å². The lowest BCUT2D eigenvalue weighted by Gasteiger charge is -2.12. The minimum Gasteiger partial charge on any atom is -0.481 e. The van der Waals surface area contributed by atoms with E-state index in [-0.39, 0.29) is 6.42 Å². The fraction of sp³-hybridized carbons (Fsp3) is 0.250. The molecule has 1 unspecified atom stereocenters. The predicted molar refractivity (Wildman–Crippen MR) is 56.2 cm³/mol. The average molecular weight is 204 g/mol. The SMILES string of the molecule is CC(O)(C#Cc1ccccc1)CC(=O)O. The van der Waals surface area contributed by atoms with Crippen LogP contribution < -0.4 is 0 Å². The van der Waals surface area contributed by atoms with Gasteiger partial charge in [0.05, 0.1) is 6.42 Å². The fourth-order valence-corrected chi connectivity index (χ4v) is 1.07. The molecule has 0 bridgehead atoms. The van der Waals surface area contributed by atoms with Crippen molar-refractivity contribution in [3.8, 4) is 11.8 Å². The molecule has 1 atom stereocenters. The number of carbonyl (C=O) groups is 1. The van der Waals surface area contributed by atoms with Crippen molar-refractivity contribution in [1.82, 2.24) is 0 Å². The number of benzene rings is 1. The first-order valence-corrected chi connectivity index (χ1v) is 4.52. The molecule has 2 N–H and O–H groups in total. The van der Waals surface area contributed by atoms with Gasteiger partial charge in [-0.2, -0.15) is 0 Å². The second kappa shape index (κ2) is 4.63. The van der Waals surface area contributed by atoms with Gasteiger partial charge >= 0.3 is 5.97 Å². The molecule has 0 aliphatic rings. The van der Waals surface area contributed by atoms with Gasteiger partial charge in [0.1, 0.15) is 5.60 Å². The van der Waals surface area contributed by atoms with Crippen molar-refractivity contribution in [2.24, 2.45) is 0 Å². The zero-order valence-corrected chi connectivity index (χ0v) is 8.40. The minimum absolute atomic E-state index is 0.382. The highest BCUT2D eigenvalue weighted by atomic mass is 16.4. The van der Waals surface area contributed by atoms with Crippen LogP contribution in [0.2, 0.25) is 0 Å².